The van der Waals surface area contributed by atoms with Crippen LogP contribution in [0.3, 0.4) is 0 Å². The minimum Gasteiger partial charge on any atom is -0.480 e. The van der Waals surface area contributed by atoms with Gasteiger partial charge in [0.1, 0.15) is 29.1 Å². The number of methoxy groups -OCH3 is 1. The molecule has 2 aliphatic carbocycles. The molecule has 0 unspecified atom stereocenters. The third-order valence-electron chi connectivity index (χ3n) is 8.44. The predicted octanol–water partition coefficient (Wildman–Crippen LogP) is 5.20. The summed E-state index contributed by atoms with van der Waals surface area (Å²) in [5.41, 5.74) is 2.51. The third-order valence-corrected chi connectivity index (χ3v) is 8.44. The Labute approximate surface area is 264 Å². The van der Waals surface area contributed by atoms with Gasteiger partial charge < -0.3 is 9.30 Å². The summed E-state index contributed by atoms with van der Waals surface area (Å²) in [5, 5.41) is 9.07. The second-order valence-corrected chi connectivity index (χ2v) is 11.8. The lowest BCUT2D eigenvalue weighted by molar-refractivity contribution is -0.140. The molecule has 0 bridgehead atoms. The molecule has 47 heavy (non-hydrogen) atoms. The fourth-order valence-corrected chi connectivity index (χ4v) is 5.81. The van der Waals surface area contributed by atoms with Crippen LogP contribution in [-0.4, -0.2) is 56.2 Å². The van der Waals surface area contributed by atoms with Crippen molar-refractivity contribution >= 4 is 11.0 Å². The van der Waals surface area contributed by atoms with E-state index in [0.717, 1.165) is 43.1 Å². The van der Waals surface area contributed by atoms with Crippen LogP contribution >= 0.6 is 0 Å². The first-order valence-corrected chi connectivity index (χ1v) is 15.1. The van der Waals surface area contributed by atoms with Gasteiger partial charge in [-0.25, -0.2) is 24.9 Å². The number of benzene rings is 1. The summed E-state index contributed by atoms with van der Waals surface area (Å²) in [6.07, 6.45) is 4.77. The fourth-order valence-electron chi connectivity index (χ4n) is 5.81. The monoisotopic (exact) mass is 640 g/mol. The van der Waals surface area contributed by atoms with E-state index in [1.54, 1.807) is 52.7 Å². The van der Waals surface area contributed by atoms with Gasteiger partial charge in [0.2, 0.25) is 5.88 Å². The number of aromatic nitrogens is 10. The summed E-state index contributed by atoms with van der Waals surface area (Å²) in [6, 6.07) is 8.72. The summed E-state index contributed by atoms with van der Waals surface area (Å²) in [6.45, 7) is 0.114. The molecule has 8 rings (SSSR count). The van der Waals surface area contributed by atoms with E-state index in [-0.39, 0.29) is 29.9 Å². The average Bonchev–Trinajstić information content (AvgIpc) is 4.00. The number of halogens is 3. The highest BCUT2D eigenvalue weighted by Crippen LogP contribution is 2.45. The summed E-state index contributed by atoms with van der Waals surface area (Å²) < 4.78 is 49.2. The highest BCUT2D eigenvalue weighted by atomic mass is 19.4. The van der Waals surface area contributed by atoms with E-state index in [9.17, 15) is 18.0 Å². The van der Waals surface area contributed by atoms with Crippen molar-refractivity contribution in [1.82, 2.24) is 49.0 Å². The Morgan fingerprint density at radius 1 is 1.00 bits per heavy atom. The quantitative estimate of drug-likeness (QED) is 0.220. The molecule has 0 atom stereocenters. The molecule has 0 aliphatic heterocycles. The van der Waals surface area contributed by atoms with Crippen LogP contribution in [0, 0.1) is 0 Å². The number of rotatable bonds is 8. The van der Waals surface area contributed by atoms with Crippen LogP contribution in [-0.2, 0) is 19.8 Å². The Hall–Kier alpha value is -5.47. The highest BCUT2D eigenvalue weighted by Gasteiger charge is 2.37. The standard InChI is InChI=1S/C32H27F3N10O2/c1-43-39-13-23(42-43)22-11-20-12-36-27(25-26(18-7-8-18)37-16-38-30(25)47-2)41-29(20)45(31(22)46)14-17-3-5-19(6-4-17)28-40-24(32(33,34)35)15-44(28)21-9-10-21/h3-6,11-13,15-16,18,21H,7-10,14H2,1-2H3. The Morgan fingerprint density at radius 3 is 2.45 bits per heavy atom. The van der Waals surface area contributed by atoms with Gasteiger partial charge in [-0.3, -0.25) is 9.36 Å². The molecule has 5 aromatic heterocycles. The van der Waals surface area contributed by atoms with Gasteiger partial charge in [0, 0.05) is 42.4 Å². The van der Waals surface area contributed by atoms with E-state index in [0.29, 0.717) is 45.1 Å². The molecule has 2 saturated carbocycles. The lowest BCUT2D eigenvalue weighted by Crippen LogP contribution is -2.24. The third kappa shape index (κ3) is 5.30. The van der Waals surface area contributed by atoms with Gasteiger partial charge in [-0.15, -0.1) is 0 Å². The Kier molecular flexibility index (Phi) is 6.66. The van der Waals surface area contributed by atoms with Crippen LogP contribution in [0.1, 0.15) is 54.6 Å². The van der Waals surface area contributed by atoms with Crippen LogP contribution < -0.4 is 10.3 Å². The van der Waals surface area contributed by atoms with Gasteiger partial charge in [0.05, 0.1) is 31.1 Å². The molecule has 2 fully saturated rings. The van der Waals surface area contributed by atoms with Crippen LogP contribution in [0.5, 0.6) is 5.88 Å². The molecule has 0 N–H and O–H groups in total. The Bertz CT molecular complexity index is 2210. The van der Waals surface area contributed by atoms with Crippen molar-refractivity contribution in [3.63, 3.8) is 0 Å². The van der Waals surface area contributed by atoms with E-state index in [1.165, 1.54) is 24.4 Å². The normalized spacial score (nSPS) is 15.0. The largest absolute Gasteiger partial charge is 0.480 e. The Balaban J connectivity index is 1.24. The molecule has 12 nitrogen and oxygen atoms in total. The Morgan fingerprint density at radius 2 is 1.79 bits per heavy atom. The number of pyridine rings is 1. The lowest BCUT2D eigenvalue weighted by atomic mass is 10.1. The predicted molar refractivity (Wildman–Crippen MR) is 163 cm³/mol. The minimum atomic E-state index is -4.54. The fraction of sp³-hybridized carbons (Fsp3) is 0.312. The number of fused-ring (bicyclic) bond motifs is 1. The molecular weight excluding hydrogens is 613 g/mol. The highest BCUT2D eigenvalue weighted by molar-refractivity contribution is 5.82. The van der Waals surface area contributed by atoms with Crippen molar-refractivity contribution in [2.45, 2.75) is 50.4 Å². The zero-order valence-electron chi connectivity index (χ0n) is 25.3. The van der Waals surface area contributed by atoms with Crippen LogP contribution in [0.4, 0.5) is 13.2 Å². The molecule has 6 aromatic rings. The van der Waals surface area contributed by atoms with Crippen LogP contribution in [0.25, 0.3) is 45.1 Å². The van der Waals surface area contributed by atoms with Gasteiger partial charge in [-0.1, -0.05) is 24.3 Å². The number of hydrogen-bond donors (Lipinski definition) is 0. The molecule has 1 aromatic carbocycles. The zero-order valence-corrected chi connectivity index (χ0v) is 25.3. The second-order valence-electron chi connectivity index (χ2n) is 11.8. The van der Waals surface area contributed by atoms with E-state index in [2.05, 4.69) is 30.1 Å². The molecule has 0 spiro atoms. The van der Waals surface area contributed by atoms with E-state index < -0.39 is 11.9 Å². The SMILES string of the molecule is COc1ncnc(C2CC2)c1-c1ncc2cc(-c3cnn(C)n3)c(=O)n(Cc3ccc(-c4nc(C(F)(F)F)cn4C4CC4)cc3)c2n1. The number of ether oxygens (including phenoxy) is 1. The number of aryl methyl sites for hydroxylation is 1. The van der Waals surface area contributed by atoms with E-state index in [1.807, 2.05) is 0 Å². The van der Waals surface area contributed by atoms with Crippen molar-refractivity contribution in [2.24, 2.45) is 7.05 Å². The number of hydrogen-bond acceptors (Lipinski definition) is 9. The van der Waals surface area contributed by atoms with Gasteiger partial charge in [0.25, 0.3) is 5.56 Å². The van der Waals surface area contributed by atoms with Crippen LogP contribution in [0.15, 0.2) is 60.0 Å². The lowest BCUT2D eigenvalue weighted by Gasteiger charge is -2.15. The average molecular weight is 641 g/mol. The maximum Gasteiger partial charge on any atom is 0.434 e. The molecule has 0 radical (unpaired) electrons. The van der Waals surface area contributed by atoms with Crippen molar-refractivity contribution < 1.29 is 17.9 Å². The molecule has 5 heterocycles. The van der Waals surface area contributed by atoms with Gasteiger partial charge >= 0.3 is 6.18 Å². The summed E-state index contributed by atoms with van der Waals surface area (Å²) in [7, 11) is 3.19. The summed E-state index contributed by atoms with van der Waals surface area (Å²) >= 11 is 0. The smallest absolute Gasteiger partial charge is 0.434 e. The first-order chi connectivity index (χ1) is 22.7. The van der Waals surface area contributed by atoms with Crippen molar-refractivity contribution in [2.75, 3.05) is 7.11 Å². The first-order valence-electron chi connectivity index (χ1n) is 15.1. The van der Waals surface area contributed by atoms with Crippen LogP contribution in [0.2, 0.25) is 0 Å². The zero-order chi connectivity index (χ0) is 32.4. The van der Waals surface area contributed by atoms with Gasteiger partial charge in [-0.05, 0) is 37.3 Å². The van der Waals surface area contributed by atoms with Gasteiger partial charge in [-0.2, -0.15) is 28.2 Å². The maximum absolute atomic E-state index is 14.1. The topological polar surface area (TPSA) is 131 Å². The van der Waals surface area contributed by atoms with E-state index >= 15 is 0 Å². The van der Waals surface area contributed by atoms with Crippen molar-refractivity contribution in [3.05, 3.63) is 82.6 Å². The molecular formula is C32H27F3N10O2. The molecule has 2 aliphatic rings. The van der Waals surface area contributed by atoms with Gasteiger partial charge in [0.15, 0.2) is 11.5 Å². The van der Waals surface area contributed by atoms with E-state index in [4.69, 9.17) is 9.72 Å². The summed E-state index contributed by atoms with van der Waals surface area (Å²) in [5.74, 6) is 1.20. The minimum absolute atomic E-state index is 0.00462. The molecule has 0 amide bonds. The van der Waals surface area contributed by atoms with Crippen molar-refractivity contribution in [3.8, 4) is 39.9 Å². The molecule has 15 heteroatoms. The number of imidazole rings is 1. The number of alkyl halides is 3. The molecule has 238 valence electrons. The maximum atomic E-state index is 14.1. The first kappa shape index (κ1) is 29.0. The summed E-state index contributed by atoms with van der Waals surface area (Å²) in [4.78, 5) is 37.8. The second kappa shape index (κ2) is 10.8. The molecule has 0 saturated heterocycles. The number of nitrogens with zero attached hydrogens (tertiary/aromatic N) is 10. The van der Waals surface area contributed by atoms with Crippen molar-refractivity contribution in [1.29, 1.82) is 0 Å².